The number of benzene rings is 2. The van der Waals surface area contributed by atoms with Crippen molar-refractivity contribution in [2.24, 2.45) is 5.92 Å². The minimum Gasteiger partial charge on any atom is -0.326 e. The van der Waals surface area contributed by atoms with Crippen molar-refractivity contribution in [1.82, 2.24) is 14.9 Å². The molecular formula is C25H28N4OS. The lowest BCUT2D eigenvalue weighted by Crippen LogP contribution is -2.37. The van der Waals surface area contributed by atoms with E-state index in [1.165, 1.54) is 11.1 Å². The molecule has 1 aliphatic rings. The zero-order chi connectivity index (χ0) is 21.6. The fourth-order valence-electron chi connectivity index (χ4n) is 3.96. The molecule has 0 radical (unpaired) electrons. The molecule has 160 valence electrons. The molecule has 0 atom stereocenters. The van der Waals surface area contributed by atoms with E-state index < -0.39 is 0 Å². The van der Waals surface area contributed by atoms with Crippen molar-refractivity contribution >= 4 is 23.4 Å². The highest BCUT2D eigenvalue weighted by Crippen LogP contribution is 2.24. The Labute approximate surface area is 188 Å². The Hall–Kier alpha value is -2.70. The van der Waals surface area contributed by atoms with Crippen LogP contribution in [0.1, 0.15) is 24.0 Å². The van der Waals surface area contributed by atoms with Gasteiger partial charge in [0.1, 0.15) is 0 Å². The lowest BCUT2D eigenvalue weighted by atomic mass is 9.95. The Kier molecular flexibility index (Phi) is 6.99. The molecule has 4 rings (SSSR count). The zero-order valence-corrected chi connectivity index (χ0v) is 18.9. The van der Waals surface area contributed by atoms with E-state index in [0.29, 0.717) is 0 Å². The number of rotatable bonds is 6. The number of nitrogens with one attached hydrogen (secondary N) is 1. The van der Waals surface area contributed by atoms with Crippen LogP contribution in [0.5, 0.6) is 0 Å². The first-order valence-electron chi connectivity index (χ1n) is 10.7. The first-order valence-corrected chi connectivity index (χ1v) is 11.9. The lowest BCUT2D eigenvalue weighted by molar-refractivity contribution is -0.121. The van der Waals surface area contributed by atoms with Crippen LogP contribution < -0.4 is 5.32 Å². The van der Waals surface area contributed by atoms with Crippen LogP contribution in [-0.4, -0.2) is 40.1 Å². The van der Waals surface area contributed by atoms with E-state index >= 15 is 0 Å². The Bertz CT molecular complexity index is 1010. The Morgan fingerprint density at radius 3 is 2.42 bits per heavy atom. The highest BCUT2D eigenvalue weighted by atomic mass is 32.2. The van der Waals surface area contributed by atoms with E-state index in [1.807, 2.05) is 30.8 Å². The molecule has 1 amide bonds. The van der Waals surface area contributed by atoms with Gasteiger partial charge in [-0.3, -0.25) is 9.69 Å². The van der Waals surface area contributed by atoms with Crippen molar-refractivity contribution < 1.29 is 4.79 Å². The number of aromatic nitrogens is 2. The van der Waals surface area contributed by atoms with Crippen molar-refractivity contribution in [3.63, 3.8) is 0 Å². The summed E-state index contributed by atoms with van der Waals surface area (Å²) < 4.78 is 0. The number of thioether (sulfide) groups is 1. The maximum absolute atomic E-state index is 12.8. The number of likely N-dealkylation sites (tertiary alicyclic amines) is 1. The van der Waals surface area contributed by atoms with Gasteiger partial charge in [-0.1, -0.05) is 53.7 Å². The summed E-state index contributed by atoms with van der Waals surface area (Å²) in [7, 11) is 0. The van der Waals surface area contributed by atoms with Crippen LogP contribution in [0.25, 0.3) is 11.1 Å². The third-order valence-corrected chi connectivity index (χ3v) is 6.31. The van der Waals surface area contributed by atoms with Crippen LogP contribution >= 0.6 is 11.8 Å². The maximum Gasteiger partial charge on any atom is 0.227 e. The van der Waals surface area contributed by atoms with Crippen LogP contribution in [0, 0.1) is 12.8 Å². The Balaban J connectivity index is 1.27. The van der Waals surface area contributed by atoms with Gasteiger partial charge in [-0.25, -0.2) is 9.97 Å². The van der Waals surface area contributed by atoms with E-state index in [2.05, 4.69) is 63.5 Å². The summed E-state index contributed by atoms with van der Waals surface area (Å²) in [6.45, 7) is 4.76. The van der Waals surface area contributed by atoms with Gasteiger partial charge in [0.15, 0.2) is 5.16 Å². The number of piperidine rings is 1. The molecule has 0 bridgehead atoms. The lowest BCUT2D eigenvalue weighted by Gasteiger charge is -2.31. The fourth-order valence-corrected chi connectivity index (χ4v) is 4.27. The van der Waals surface area contributed by atoms with Crippen molar-refractivity contribution in [1.29, 1.82) is 0 Å². The summed E-state index contributed by atoms with van der Waals surface area (Å²) in [5.74, 6) is 0.179. The third-order valence-electron chi connectivity index (χ3n) is 5.73. The largest absolute Gasteiger partial charge is 0.326 e. The average molecular weight is 433 g/mol. The van der Waals surface area contributed by atoms with E-state index in [1.54, 1.807) is 11.8 Å². The topological polar surface area (TPSA) is 58.1 Å². The summed E-state index contributed by atoms with van der Waals surface area (Å²) in [5.41, 5.74) is 5.57. The average Bonchev–Trinajstić information content (AvgIpc) is 2.80. The van der Waals surface area contributed by atoms with Crippen LogP contribution in [0.3, 0.4) is 0 Å². The molecule has 0 aliphatic carbocycles. The van der Waals surface area contributed by atoms with Crippen LogP contribution in [0.2, 0.25) is 0 Å². The van der Waals surface area contributed by atoms with Gasteiger partial charge in [0.05, 0.1) is 0 Å². The number of nitrogens with zero attached hydrogens (tertiary/aromatic N) is 3. The van der Waals surface area contributed by atoms with Crippen LogP contribution in [0.4, 0.5) is 5.69 Å². The van der Waals surface area contributed by atoms with E-state index in [-0.39, 0.29) is 11.8 Å². The molecule has 1 aromatic heterocycles. The molecule has 1 fully saturated rings. The summed E-state index contributed by atoms with van der Waals surface area (Å²) in [6, 6.07) is 16.6. The number of hydrogen-bond donors (Lipinski definition) is 1. The molecule has 2 aromatic carbocycles. The Morgan fingerprint density at radius 2 is 1.77 bits per heavy atom. The van der Waals surface area contributed by atoms with Crippen molar-refractivity contribution in [3.8, 4) is 11.1 Å². The molecule has 1 N–H and O–H groups in total. The molecule has 6 heteroatoms. The summed E-state index contributed by atoms with van der Waals surface area (Å²) in [6.07, 6.45) is 7.52. The van der Waals surface area contributed by atoms with Gasteiger partial charge in [-0.05, 0) is 62.4 Å². The summed E-state index contributed by atoms with van der Waals surface area (Å²) in [4.78, 5) is 23.8. The normalized spacial score (nSPS) is 15.0. The highest BCUT2D eigenvalue weighted by molar-refractivity contribution is 7.98. The van der Waals surface area contributed by atoms with Gasteiger partial charge in [-0.2, -0.15) is 0 Å². The monoisotopic (exact) mass is 432 g/mol. The molecule has 0 saturated carbocycles. The highest BCUT2D eigenvalue weighted by Gasteiger charge is 2.25. The predicted molar refractivity (Wildman–Crippen MR) is 127 cm³/mol. The van der Waals surface area contributed by atoms with Gasteiger partial charge >= 0.3 is 0 Å². The minimum atomic E-state index is 0.0582. The predicted octanol–water partition coefficient (Wildman–Crippen LogP) is 5.02. The number of aryl methyl sites for hydroxylation is 1. The molecule has 0 spiro atoms. The number of hydrogen-bond acceptors (Lipinski definition) is 5. The summed E-state index contributed by atoms with van der Waals surface area (Å²) >= 11 is 1.55. The van der Waals surface area contributed by atoms with Gasteiger partial charge < -0.3 is 5.32 Å². The van der Waals surface area contributed by atoms with Crippen LogP contribution in [0.15, 0.2) is 66.1 Å². The second-order valence-corrected chi connectivity index (χ2v) is 8.84. The minimum absolute atomic E-state index is 0.0582. The molecule has 5 nitrogen and oxygen atoms in total. The maximum atomic E-state index is 12.8. The molecular weight excluding hydrogens is 404 g/mol. The van der Waals surface area contributed by atoms with Crippen molar-refractivity contribution in [2.75, 3.05) is 24.7 Å². The number of carbonyl (C=O) groups excluding carboxylic acids is 1. The molecule has 2 heterocycles. The Morgan fingerprint density at radius 1 is 1.06 bits per heavy atom. The third kappa shape index (κ3) is 5.71. The smallest absolute Gasteiger partial charge is 0.227 e. The van der Waals surface area contributed by atoms with Gasteiger partial charge in [0.2, 0.25) is 5.91 Å². The number of amides is 1. The molecule has 0 unspecified atom stereocenters. The SMILES string of the molecule is CSc1ncc(CN2CCC(C(=O)Nc3ccc(-c4cccc(C)c4)cc3)CC2)cn1. The van der Waals surface area contributed by atoms with Crippen molar-refractivity contribution in [3.05, 3.63) is 72.1 Å². The second kappa shape index (κ2) is 10.1. The standard InChI is InChI=1S/C25H28N4OS/c1-18-4-3-5-22(14-18)20-6-8-23(9-7-20)28-24(30)21-10-12-29(13-11-21)17-19-15-26-25(31-2)27-16-19/h3-9,14-16,21H,10-13,17H2,1-2H3,(H,28,30). The van der Waals surface area contributed by atoms with Crippen LogP contribution in [-0.2, 0) is 11.3 Å². The summed E-state index contributed by atoms with van der Waals surface area (Å²) in [5, 5.41) is 3.90. The molecule has 1 aliphatic heterocycles. The van der Waals surface area contributed by atoms with E-state index in [9.17, 15) is 4.79 Å². The quantitative estimate of drug-likeness (QED) is 0.438. The number of carbonyl (C=O) groups is 1. The van der Waals surface area contributed by atoms with E-state index in [4.69, 9.17) is 0 Å². The van der Waals surface area contributed by atoms with E-state index in [0.717, 1.165) is 54.4 Å². The van der Waals surface area contributed by atoms with Gasteiger partial charge in [0, 0.05) is 36.1 Å². The molecule has 3 aromatic rings. The fraction of sp³-hybridized carbons (Fsp3) is 0.320. The zero-order valence-electron chi connectivity index (χ0n) is 18.0. The van der Waals surface area contributed by atoms with Crippen molar-refractivity contribution in [2.45, 2.75) is 31.5 Å². The first-order chi connectivity index (χ1) is 15.1. The van der Waals surface area contributed by atoms with Gasteiger partial charge in [-0.15, -0.1) is 0 Å². The molecule has 31 heavy (non-hydrogen) atoms. The molecule has 1 saturated heterocycles. The second-order valence-electron chi connectivity index (χ2n) is 8.06. The number of anilines is 1. The first kappa shape index (κ1) is 21.5. The van der Waals surface area contributed by atoms with Gasteiger partial charge in [0.25, 0.3) is 0 Å².